The molecule has 3 amide bonds. The van der Waals surface area contributed by atoms with Gasteiger partial charge in [0.05, 0.1) is 16.0 Å². The highest BCUT2D eigenvalue weighted by atomic mass is 32.2. The number of likely N-dealkylation sites (tertiary alicyclic amines) is 1. The summed E-state index contributed by atoms with van der Waals surface area (Å²) < 4.78 is 1.82. The lowest BCUT2D eigenvalue weighted by molar-refractivity contribution is -0.150. The molecule has 1 saturated carbocycles. The largest absolute Gasteiger partial charge is 0.477 e. The monoisotopic (exact) mass is 542 g/mol. The fourth-order valence-electron chi connectivity index (χ4n) is 4.72. The molecule has 0 spiro atoms. The van der Waals surface area contributed by atoms with Crippen LogP contribution in [0, 0.1) is 0 Å². The molecule has 1 aromatic heterocycles. The summed E-state index contributed by atoms with van der Waals surface area (Å²) in [5, 5.41) is 12.2. The quantitative estimate of drug-likeness (QED) is 0.311. The molecule has 2 saturated heterocycles. The number of hydrogen-bond donors (Lipinski definition) is 2. The molecule has 2 N–H and O–H groups in total. The zero-order chi connectivity index (χ0) is 25.0. The summed E-state index contributed by atoms with van der Waals surface area (Å²) in [7, 11) is 0. The van der Waals surface area contributed by atoms with Crippen LogP contribution in [0.1, 0.15) is 19.3 Å². The minimum Gasteiger partial charge on any atom is -0.477 e. The van der Waals surface area contributed by atoms with Gasteiger partial charge in [0.1, 0.15) is 17.1 Å². The summed E-state index contributed by atoms with van der Waals surface area (Å²) in [5.74, 6) is -1.53. The van der Waals surface area contributed by atoms with Crippen LogP contribution in [0.4, 0.5) is 0 Å². The highest BCUT2D eigenvalue weighted by Gasteiger charge is 2.54. The number of aromatic nitrogens is 1. The van der Waals surface area contributed by atoms with E-state index >= 15 is 0 Å². The zero-order valence-corrected chi connectivity index (χ0v) is 21.5. The molecule has 186 valence electrons. The van der Waals surface area contributed by atoms with Gasteiger partial charge in [0.15, 0.2) is 4.34 Å². The van der Waals surface area contributed by atoms with Crippen molar-refractivity contribution in [2.45, 2.75) is 41.1 Å². The van der Waals surface area contributed by atoms with Crippen LogP contribution in [0.25, 0.3) is 10.2 Å². The molecule has 4 aliphatic rings. The summed E-state index contributed by atoms with van der Waals surface area (Å²) in [5.41, 5.74) is 1.85. The standard InChI is InChI=1S/C24H22N4O5S3/c29-17(11-35-24-25-15-3-1-2-4-16(15)36-24)26-18-21(31)28-19(23(32)33)13(10-34-22(18)28)9-12-7-8-27(20(12)30)14-5-6-14/h1-4,9,14,18,22H,5-8,10-11H2,(H,26,29)(H,32,33)/b12-9+/t18-,22-/m1/s1. The summed E-state index contributed by atoms with van der Waals surface area (Å²) >= 11 is 4.22. The Morgan fingerprint density at radius 3 is 2.81 bits per heavy atom. The normalized spacial score (nSPS) is 24.9. The number of para-hydroxylation sites is 1. The van der Waals surface area contributed by atoms with E-state index < -0.39 is 23.3 Å². The fraction of sp³-hybridized carbons (Fsp3) is 0.375. The van der Waals surface area contributed by atoms with Crippen molar-refractivity contribution in [1.29, 1.82) is 0 Å². The molecule has 4 heterocycles. The zero-order valence-electron chi connectivity index (χ0n) is 19.0. The van der Waals surface area contributed by atoms with Crippen molar-refractivity contribution < 1.29 is 24.3 Å². The summed E-state index contributed by atoms with van der Waals surface area (Å²) in [6.45, 7) is 0.659. The number of β-lactam (4-membered cyclic amide) rings is 1. The van der Waals surface area contributed by atoms with Crippen LogP contribution in [0.5, 0.6) is 0 Å². The number of thiazole rings is 1. The lowest BCUT2D eigenvalue weighted by Crippen LogP contribution is -2.70. The van der Waals surface area contributed by atoms with Gasteiger partial charge < -0.3 is 15.3 Å². The molecular weight excluding hydrogens is 520 g/mol. The summed E-state index contributed by atoms with van der Waals surface area (Å²) in [6.07, 6.45) is 4.28. The number of allylic oxidation sites excluding steroid dienone is 1. The van der Waals surface area contributed by atoms with Crippen LogP contribution in [0.3, 0.4) is 0 Å². The van der Waals surface area contributed by atoms with Gasteiger partial charge in [-0.3, -0.25) is 19.3 Å². The summed E-state index contributed by atoms with van der Waals surface area (Å²) in [4.78, 5) is 57.9. The Hall–Kier alpha value is -2.83. The van der Waals surface area contributed by atoms with Crippen LogP contribution >= 0.6 is 34.9 Å². The first-order valence-electron chi connectivity index (χ1n) is 11.6. The highest BCUT2D eigenvalue weighted by molar-refractivity contribution is 8.01. The number of hydrogen-bond acceptors (Lipinski definition) is 8. The maximum atomic E-state index is 12.9. The SMILES string of the molecule is O=C(CSc1nc2ccccc2s1)N[C@@H]1C(=O)N2C(C(=O)O)=C(/C=C3\CCN(C4CC4)C3=O)CS[C@H]12. The molecular formula is C24H22N4O5S3. The molecule has 9 nitrogen and oxygen atoms in total. The second-order valence-electron chi connectivity index (χ2n) is 9.02. The molecule has 0 radical (unpaired) electrons. The highest BCUT2D eigenvalue weighted by Crippen LogP contribution is 2.42. The lowest BCUT2D eigenvalue weighted by atomic mass is 10.0. The van der Waals surface area contributed by atoms with E-state index in [4.69, 9.17) is 0 Å². The molecule has 36 heavy (non-hydrogen) atoms. The number of aliphatic carboxylic acids is 1. The van der Waals surface area contributed by atoms with Gasteiger partial charge in [-0.25, -0.2) is 9.78 Å². The van der Waals surface area contributed by atoms with Gasteiger partial charge in [-0.15, -0.1) is 23.1 Å². The van der Waals surface area contributed by atoms with Gasteiger partial charge in [-0.1, -0.05) is 23.9 Å². The molecule has 2 aromatic rings. The molecule has 2 atom stereocenters. The second kappa shape index (κ2) is 9.24. The summed E-state index contributed by atoms with van der Waals surface area (Å²) in [6, 6.07) is 7.28. The first-order valence-corrected chi connectivity index (χ1v) is 14.5. The molecule has 0 bridgehead atoms. The maximum absolute atomic E-state index is 12.9. The van der Waals surface area contributed by atoms with E-state index in [0.717, 1.165) is 27.4 Å². The molecule has 6 rings (SSSR count). The van der Waals surface area contributed by atoms with Crippen LogP contribution in [0.2, 0.25) is 0 Å². The maximum Gasteiger partial charge on any atom is 0.352 e. The number of nitrogens with zero attached hydrogens (tertiary/aromatic N) is 3. The van der Waals surface area contributed by atoms with E-state index in [2.05, 4.69) is 10.3 Å². The third-order valence-electron chi connectivity index (χ3n) is 6.61. The topological polar surface area (TPSA) is 120 Å². The number of rotatable bonds is 7. The van der Waals surface area contributed by atoms with Crippen molar-refractivity contribution in [3.8, 4) is 0 Å². The van der Waals surface area contributed by atoms with Gasteiger partial charge in [0, 0.05) is 23.9 Å². The fourth-order valence-corrected chi connectivity index (χ4v) is 7.91. The molecule has 3 fully saturated rings. The Labute approximate surface area is 219 Å². The first-order chi connectivity index (χ1) is 17.4. The van der Waals surface area contributed by atoms with Crippen molar-refractivity contribution in [1.82, 2.24) is 20.1 Å². The Kier molecular flexibility index (Phi) is 6.05. The third-order valence-corrected chi connectivity index (χ3v) is 10.1. The number of benzene rings is 1. The molecule has 3 aliphatic heterocycles. The number of fused-ring (bicyclic) bond motifs is 2. The van der Waals surface area contributed by atoms with E-state index in [1.165, 1.54) is 39.8 Å². The van der Waals surface area contributed by atoms with Gasteiger partial charge in [0.25, 0.3) is 5.91 Å². The Morgan fingerprint density at radius 1 is 1.25 bits per heavy atom. The number of nitrogens with one attached hydrogen (secondary N) is 1. The van der Waals surface area contributed by atoms with Gasteiger partial charge in [-0.2, -0.15) is 0 Å². The minimum absolute atomic E-state index is 0.0347. The van der Waals surface area contributed by atoms with Crippen LogP contribution < -0.4 is 5.32 Å². The second-order valence-corrected chi connectivity index (χ2v) is 12.4. The number of amides is 3. The van der Waals surface area contributed by atoms with Gasteiger partial charge in [-0.05, 0) is 43.0 Å². The predicted molar refractivity (Wildman–Crippen MR) is 137 cm³/mol. The van der Waals surface area contributed by atoms with Crippen molar-refractivity contribution in [2.24, 2.45) is 0 Å². The number of thioether (sulfide) groups is 2. The molecule has 1 aromatic carbocycles. The van der Waals surface area contributed by atoms with E-state index in [1.807, 2.05) is 29.2 Å². The first kappa shape index (κ1) is 23.6. The smallest absolute Gasteiger partial charge is 0.352 e. The van der Waals surface area contributed by atoms with Crippen LogP contribution in [-0.2, 0) is 19.2 Å². The average Bonchev–Trinajstić information content (AvgIpc) is 3.52. The number of carboxylic acids is 1. The van der Waals surface area contributed by atoms with Gasteiger partial charge in [0.2, 0.25) is 11.8 Å². The van der Waals surface area contributed by atoms with Crippen molar-refractivity contribution in [3.05, 3.63) is 47.2 Å². The van der Waals surface area contributed by atoms with E-state index in [9.17, 15) is 24.3 Å². The third kappa shape index (κ3) is 4.20. The molecule has 1 aliphatic carbocycles. The van der Waals surface area contributed by atoms with Crippen LogP contribution in [-0.4, -0.2) is 79.1 Å². The van der Waals surface area contributed by atoms with E-state index in [0.29, 0.717) is 35.9 Å². The lowest BCUT2D eigenvalue weighted by Gasteiger charge is -2.49. The van der Waals surface area contributed by atoms with Crippen molar-refractivity contribution in [3.63, 3.8) is 0 Å². The molecule has 12 heteroatoms. The minimum atomic E-state index is -1.21. The Morgan fingerprint density at radius 2 is 2.06 bits per heavy atom. The van der Waals surface area contributed by atoms with Crippen molar-refractivity contribution in [2.75, 3.05) is 18.1 Å². The van der Waals surface area contributed by atoms with Gasteiger partial charge >= 0.3 is 5.97 Å². The Bertz CT molecular complexity index is 1330. The van der Waals surface area contributed by atoms with E-state index in [1.54, 1.807) is 6.08 Å². The Balaban J connectivity index is 1.12. The average molecular weight is 543 g/mol. The number of carbonyl (C=O) groups excluding carboxylic acids is 3. The van der Waals surface area contributed by atoms with Crippen LogP contribution in [0.15, 0.2) is 51.5 Å². The van der Waals surface area contributed by atoms with E-state index in [-0.39, 0.29) is 23.3 Å². The molecule has 0 unspecified atom stereocenters. The predicted octanol–water partition coefficient (Wildman–Crippen LogP) is 2.45. The van der Waals surface area contributed by atoms with Crippen molar-refractivity contribution >= 4 is 68.8 Å². The number of carbonyl (C=O) groups is 4. The number of carboxylic acid groups (broad SMARTS) is 1.